The first-order valence-electron chi connectivity index (χ1n) is 5.86. The maximum absolute atomic E-state index is 12.2. The lowest BCUT2D eigenvalue weighted by Gasteiger charge is -2.25. The predicted octanol–water partition coefficient (Wildman–Crippen LogP) is 0.580. The summed E-state index contributed by atoms with van der Waals surface area (Å²) in [6.07, 6.45) is 1.53. The van der Waals surface area contributed by atoms with Gasteiger partial charge in [-0.2, -0.15) is 0 Å². The Morgan fingerprint density at radius 1 is 1.58 bits per heavy atom. The Morgan fingerprint density at radius 2 is 2.32 bits per heavy atom. The normalized spacial score (nSPS) is 10.5. The molecule has 0 atom stereocenters. The highest BCUT2D eigenvalue weighted by atomic mass is 16.5. The summed E-state index contributed by atoms with van der Waals surface area (Å²) >= 11 is 0. The molecule has 1 aromatic heterocycles. The van der Waals surface area contributed by atoms with Crippen molar-refractivity contribution in [3.63, 3.8) is 0 Å². The van der Waals surface area contributed by atoms with Gasteiger partial charge in [0.15, 0.2) is 0 Å². The molecule has 5 nitrogen and oxygen atoms in total. The van der Waals surface area contributed by atoms with Crippen molar-refractivity contribution in [3.8, 4) is 11.8 Å². The molecule has 102 valence electrons. The molecule has 5 heteroatoms. The van der Waals surface area contributed by atoms with Gasteiger partial charge in [-0.25, -0.2) is 4.98 Å². The average molecular weight is 262 g/mol. The Hall–Kier alpha value is -1.90. The molecule has 1 amide bonds. The molecule has 2 N–H and O–H groups in total. The third kappa shape index (κ3) is 4.70. The van der Waals surface area contributed by atoms with Gasteiger partial charge in [0.05, 0.1) is 17.7 Å². The van der Waals surface area contributed by atoms with E-state index in [9.17, 15) is 4.79 Å². The fraction of sp³-hybridized carbons (Fsp3) is 0.429. The largest absolute Gasteiger partial charge is 0.384 e. The van der Waals surface area contributed by atoms with Crippen LogP contribution in [0.4, 0.5) is 0 Å². The molecular formula is C14H18N2O3. The van der Waals surface area contributed by atoms with Crippen molar-refractivity contribution in [1.29, 1.82) is 0 Å². The van der Waals surface area contributed by atoms with Crippen LogP contribution >= 0.6 is 0 Å². The van der Waals surface area contributed by atoms with Gasteiger partial charge in [0.25, 0.3) is 5.91 Å². The van der Waals surface area contributed by atoms with E-state index in [1.54, 1.807) is 19.2 Å². The summed E-state index contributed by atoms with van der Waals surface area (Å²) < 4.78 is 5.04. The van der Waals surface area contributed by atoms with Gasteiger partial charge < -0.3 is 15.2 Å². The Labute approximate surface area is 113 Å². The molecule has 0 saturated carbocycles. The van der Waals surface area contributed by atoms with Crippen LogP contribution < -0.4 is 5.32 Å². The number of pyridine rings is 1. The lowest BCUT2D eigenvalue weighted by atomic mass is 10.1. The van der Waals surface area contributed by atoms with Crippen LogP contribution in [0, 0.1) is 11.8 Å². The van der Waals surface area contributed by atoms with E-state index >= 15 is 0 Å². The minimum atomic E-state index is -0.495. The zero-order valence-corrected chi connectivity index (χ0v) is 11.4. The monoisotopic (exact) mass is 262 g/mol. The molecule has 0 bridgehead atoms. The number of hydrogen-bond acceptors (Lipinski definition) is 4. The first kappa shape index (κ1) is 15.2. The number of aromatic nitrogens is 1. The molecule has 0 aliphatic carbocycles. The molecule has 0 radical (unpaired) electrons. The van der Waals surface area contributed by atoms with Gasteiger partial charge in [0.1, 0.15) is 12.3 Å². The zero-order valence-electron chi connectivity index (χ0n) is 11.4. The fourth-order valence-electron chi connectivity index (χ4n) is 1.59. The maximum atomic E-state index is 12.2. The average Bonchev–Trinajstić information content (AvgIpc) is 2.36. The van der Waals surface area contributed by atoms with Crippen LogP contribution in [0.5, 0.6) is 0 Å². The molecule has 0 fully saturated rings. The fourth-order valence-corrected chi connectivity index (χ4v) is 1.59. The van der Waals surface area contributed by atoms with Gasteiger partial charge in [-0.15, -0.1) is 0 Å². The van der Waals surface area contributed by atoms with E-state index in [-0.39, 0.29) is 18.2 Å². The maximum Gasteiger partial charge on any atom is 0.271 e. The number of rotatable bonds is 4. The van der Waals surface area contributed by atoms with Crippen molar-refractivity contribution in [3.05, 3.63) is 29.6 Å². The minimum Gasteiger partial charge on any atom is -0.384 e. The number of ether oxygens (including phenoxy) is 1. The Balaban J connectivity index is 2.94. The lowest BCUT2D eigenvalue weighted by molar-refractivity contribution is 0.0815. The standard InChI is InChI=1S/C14H18N2O3/c1-14(2,10-19-3)16-13(18)12-11(7-5-9-17)6-4-8-15-12/h4,6,8,17H,9-10H2,1-3H3,(H,16,18). The summed E-state index contributed by atoms with van der Waals surface area (Å²) in [5, 5.41) is 11.5. The predicted molar refractivity (Wildman–Crippen MR) is 71.6 cm³/mol. The highest BCUT2D eigenvalue weighted by molar-refractivity contribution is 5.95. The topological polar surface area (TPSA) is 71.5 Å². The lowest BCUT2D eigenvalue weighted by Crippen LogP contribution is -2.47. The van der Waals surface area contributed by atoms with E-state index < -0.39 is 5.54 Å². The molecule has 1 rings (SSSR count). The van der Waals surface area contributed by atoms with E-state index in [1.807, 2.05) is 13.8 Å². The summed E-state index contributed by atoms with van der Waals surface area (Å²) in [6.45, 7) is 3.85. The van der Waals surface area contributed by atoms with Crippen LogP contribution in [0.15, 0.2) is 18.3 Å². The van der Waals surface area contributed by atoms with Crippen molar-refractivity contribution in [2.75, 3.05) is 20.3 Å². The molecule has 1 heterocycles. The molecular weight excluding hydrogens is 244 g/mol. The highest BCUT2D eigenvalue weighted by Crippen LogP contribution is 2.08. The van der Waals surface area contributed by atoms with Crippen LogP contribution in [0.2, 0.25) is 0 Å². The molecule has 1 aromatic rings. The number of nitrogens with zero attached hydrogens (tertiary/aromatic N) is 1. The number of carbonyl (C=O) groups excluding carboxylic acids is 1. The number of methoxy groups -OCH3 is 1. The van der Waals surface area contributed by atoms with E-state index in [0.29, 0.717) is 12.2 Å². The van der Waals surface area contributed by atoms with Crippen LogP contribution in [-0.4, -0.2) is 41.9 Å². The first-order chi connectivity index (χ1) is 9.00. The van der Waals surface area contributed by atoms with Crippen molar-refractivity contribution in [1.82, 2.24) is 10.3 Å². The minimum absolute atomic E-state index is 0.243. The van der Waals surface area contributed by atoms with E-state index in [4.69, 9.17) is 9.84 Å². The smallest absolute Gasteiger partial charge is 0.271 e. The van der Waals surface area contributed by atoms with Crippen LogP contribution in [0.25, 0.3) is 0 Å². The van der Waals surface area contributed by atoms with Crippen LogP contribution in [-0.2, 0) is 4.74 Å². The quantitative estimate of drug-likeness (QED) is 0.779. The number of carbonyl (C=O) groups is 1. The summed E-state index contributed by atoms with van der Waals surface area (Å²) in [5.74, 6) is 4.90. The van der Waals surface area contributed by atoms with Crippen LogP contribution in [0.3, 0.4) is 0 Å². The first-order valence-corrected chi connectivity index (χ1v) is 5.86. The van der Waals surface area contributed by atoms with Crippen molar-refractivity contribution < 1.29 is 14.6 Å². The van der Waals surface area contributed by atoms with E-state index in [0.717, 1.165) is 0 Å². The number of hydrogen-bond donors (Lipinski definition) is 2. The summed E-state index contributed by atoms with van der Waals surface area (Å²) in [5.41, 5.74) is 0.236. The zero-order chi connectivity index (χ0) is 14.3. The summed E-state index contributed by atoms with van der Waals surface area (Å²) in [6, 6.07) is 3.38. The summed E-state index contributed by atoms with van der Waals surface area (Å²) in [4.78, 5) is 16.2. The van der Waals surface area contributed by atoms with Gasteiger partial charge in [-0.3, -0.25) is 4.79 Å². The third-order valence-electron chi connectivity index (χ3n) is 2.28. The molecule has 19 heavy (non-hydrogen) atoms. The second-order valence-corrected chi connectivity index (χ2v) is 4.63. The number of aliphatic hydroxyl groups is 1. The van der Waals surface area contributed by atoms with Gasteiger partial charge in [-0.05, 0) is 26.0 Å². The van der Waals surface area contributed by atoms with Gasteiger partial charge in [0, 0.05) is 13.3 Å². The van der Waals surface area contributed by atoms with Crippen molar-refractivity contribution in [2.45, 2.75) is 19.4 Å². The van der Waals surface area contributed by atoms with Gasteiger partial charge in [-0.1, -0.05) is 11.8 Å². The Kier molecular flexibility index (Phi) is 5.49. The van der Waals surface area contributed by atoms with E-state index in [2.05, 4.69) is 22.1 Å². The highest BCUT2D eigenvalue weighted by Gasteiger charge is 2.22. The molecule has 0 spiro atoms. The molecule has 0 unspecified atom stereocenters. The second kappa shape index (κ2) is 6.88. The van der Waals surface area contributed by atoms with Crippen LogP contribution in [0.1, 0.15) is 29.9 Å². The van der Waals surface area contributed by atoms with Gasteiger partial charge in [0.2, 0.25) is 0 Å². The van der Waals surface area contributed by atoms with Gasteiger partial charge >= 0.3 is 0 Å². The summed E-state index contributed by atoms with van der Waals surface area (Å²) in [7, 11) is 1.58. The third-order valence-corrected chi connectivity index (χ3v) is 2.28. The number of amides is 1. The van der Waals surface area contributed by atoms with Crippen molar-refractivity contribution in [2.24, 2.45) is 0 Å². The molecule has 0 aromatic carbocycles. The second-order valence-electron chi connectivity index (χ2n) is 4.63. The number of aliphatic hydroxyl groups excluding tert-OH is 1. The Bertz CT molecular complexity index is 501. The SMILES string of the molecule is COCC(C)(C)NC(=O)c1ncccc1C#CCO. The molecule has 0 aliphatic rings. The Morgan fingerprint density at radius 3 is 2.95 bits per heavy atom. The van der Waals surface area contributed by atoms with Crippen molar-refractivity contribution >= 4 is 5.91 Å². The van der Waals surface area contributed by atoms with E-state index in [1.165, 1.54) is 6.20 Å². The number of nitrogens with one attached hydrogen (secondary N) is 1. The molecule has 0 aliphatic heterocycles. The molecule has 0 saturated heterocycles.